The van der Waals surface area contributed by atoms with Crippen LogP contribution in [-0.2, 0) is 38.0 Å². The van der Waals surface area contributed by atoms with Crippen molar-refractivity contribution < 1.29 is 58.4 Å². The molecule has 4 rings (SSSR count). The normalized spacial score (nSPS) is 40.8. The summed E-state index contributed by atoms with van der Waals surface area (Å²) in [6, 6.07) is 0. The molecule has 0 aromatic heterocycles. The van der Waals surface area contributed by atoms with Crippen molar-refractivity contribution in [3.63, 3.8) is 0 Å². The van der Waals surface area contributed by atoms with Crippen LogP contribution in [0.5, 0.6) is 0 Å². The summed E-state index contributed by atoms with van der Waals surface area (Å²) in [5.74, 6) is -1.18. The van der Waals surface area contributed by atoms with Gasteiger partial charge in [-0.1, -0.05) is 46.3 Å². The molecular formula is C36H58O12. The van der Waals surface area contributed by atoms with Crippen LogP contribution < -0.4 is 0 Å². The summed E-state index contributed by atoms with van der Waals surface area (Å²) in [4.78, 5) is 23.9. The molecule has 14 atom stereocenters. The number of aliphatic hydroxyl groups is 4. The lowest BCUT2D eigenvalue weighted by Crippen LogP contribution is -2.62. The Hall–Kier alpha value is -1.90. The van der Waals surface area contributed by atoms with E-state index in [0.717, 1.165) is 18.4 Å². The van der Waals surface area contributed by atoms with Gasteiger partial charge >= 0.3 is 11.9 Å². The van der Waals surface area contributed by atoms with Gasteiger partial charge in [0.25, 0.3) is 0 Å². The summed E-state index contributed by atoms with van der Waals surface area (Å²) in [6.45, 7) is 16.8. The monoisotopic (exact) mass is 682 g/mol. The van der Waals surface area contributed by atoms with E-state index in [2.05, 4.69) is 6.58 Å². The lowest BCUT2D eigenvalue weighted by Gasteiger charge is -2.49. The fourth-order valence-electron chi connectivity index (χ4n) is 8.45. The Balaban J connectivity index is 1.79. The number of aliphatic hydroxyl groups excluding tert-OH is 4. The van der Waals surface area contributed by atoms with Crippen molar-refractivity contribution in [2.75, 3.05) is 26.9 Å². The minimum absolute atomic E-state index is 0.0754. The van der Waals surface area contributed by atoms with E-state index in [1.165, 1.54) is 13.8 Å². The van der Waals surface area contributed by atoms with Crippen LogP contribution in [0.1, 0.15) is 74.1 Å². The standard InChI is InChI=1S/C36H58O12/c1-10-35(6,7)17-45-33-29(41)32(46-21(5)38)30(42)34(48-33)47-31-27-24(18(2)15-44-20(4)37)13-26(39)36(27,8)14-25-22(16-43-9)11-12-23(25)19(3)28(31)40/h10,18-19,22-23,25-26,28-34,39-42H,1,11-17H2,2-9H3. The van der Waals surface area contributed by atoms with Crippen LogP contribution in [0, 0.1) is 40.4 Å². The topological polar surface area (TPSA) is 170 Å². The summed E-state index contributed by atoms with van der Waals surface area (Å²) in [5.41, 5.74) is 0.162. The third-order valence-corrected chi connectivity index (χ3v) is 11.4. The second-order valence-corrected chi connectivity index (χ2v) is 15.4. The van der Waals surface area contributed by atoms with E-state index in [4.69, 9.17) is 28.4 Å². The zero-order valence-corrected chi connectivity index (χ0v) is 29.8. The van der Waals surface area contributed by atoms with E-state index in [9.17, 15) is 30.0 Å². The smallest absolute Gasteiger partial charge is 0.303 e. The van der Waals surface area contributed by atoms with Crippen molar-refractivity contribution in [3.05, 3.63) is 23.8 Å². The van der Waals surface area contributed by atoms with E-state index in [1.807, 2.05) is 34.6 Å². The van der Waals surface area contributed by atoms with Crippen molar-refractivity contribution in [3.8, 4) is 0 Å². The van der Waals surface area contributed by atoms with Crippen molar-refractivity contribution in [2.45, 2.75) is 123 Å². The molecule has 1 aliphatic heterocycles. The summed E-state index contributed by atoms with van der Waals surface area (Å²) in [5, 5.41) is 46.7. The van der Waals surface area contributed by atoms with Gasteiger partial charge in [0, 0.05) is 44.3 Å². The number of fused-ring (bicyclic) bond motifs is 2. The van der Waals surface area contributed by atoms with Gasteiger partial charge in [0.1, 0.15) is 18.3 Å². The maximum absolute atomic E-state index is 12.3. The first kappa shape index (κ1) is 38.9. The molecule has 3 fully saturated rings. The number of methoxy groups -OCH3 is 1. The maximum atomic E-state index is 12.3. The molecule has 4 N–H and O–H groups in total. The van der Waals surface area contributed by atoms with Gasteiger partial charge in [0.05, 0.1) is 25.4 Å². The number of carbonyl (C=O) groups is 2. The van der Waals surface area contributed by atoms with Gasteiger partial charge in [-0.15, -0.1) is 6.58 Å². The Bertz CT molecular complexity index is 1190. The second kappa shape index (κ2) is 15.6. The van der Waals surface area contributed by atoms with E-state index in [1.54, 1.807) is 13.2 Å². The number of hydrogen-bond acceptors (Lipinski definition) is 12. The highest BCUT2D eigenvalue weighted by Crippen LogP contribution is 2.59. The quantitative estimate of drug-likeness (QED) is 0.176. The van der Waals surface area contributed by atoms with Gasteiger partial charge in [-0.25, -0.2) is 0 Å². The molecular weight excluding hydrogens is 624 g/mol. The molecule has 274 valence electrons. The number of rotatable bonds is 12. The van der Waals surface area contributed by atoms with Crippen LogP contribution >= 0.6 is 0 Å². The first-order valence-electron chi connectivity index (χ1n) is 17.3. The molecule has 4 aliphatic rings. The number of esters is 2. The molecule has 0 aromatic carbocycles. The van der Waals surface area contributed by atoms with Crippen molar-refractivity contribution in [1.82, 2.24) is 0 Å². The van der Waals surface area contributed by atoms with E-state index < -0.39 is 72.0 Å². The Morgan fingerprint density at radius 2 is 1.73 bits per heavy atom. The average Bonchev–Trinajstić information content (AvgIpc) is 3.52. The van der Waals surface area contributed by atoms with Gasteiger partial charge in [-0.05, 0) is 54.9 Å². The highest BCUT2D eigenvalue weighted by molar-refractivity contribution is 5.66. The fraction of sp³-hybridized carbons (Fsp3) is 0.833. The fourth-order valence-corrected chi connectivity index (χ4v) is 8.45. The highest BCUT2D eigenvalue weighted by Gasteiger charge is 2.58. The van der Waals surface area contributed by atoms with Crippen molar-refractivity contribution in [1.29, 1.82) is 0 Å². The minimum Gasteiger partial charge on any atom is -0.465 e. The molecule has 0 bridgehead atoms. The van der Waals surface area contributed by atoms with E-state index in [0.29, 0.717) is 18.6 Å². The van der Waals surface area contributed by atoms with Crippen LogP contribution in [0.25, 0.3) is 0 Å². The SMILES string of the molecule is C=CC(C)(C)COC1OC(OC2C3=C(C(C)COC(C)=O)CC(O)C3(C)CC3C(COC)CCC3C(C)C2O)C(O)C(OC(C)=O)C1O. The molecule has 1 heterocycles. The molecule has 48 heavy (non-hydrogen) atoms. The van der Waals surface area contributed by atoms with Crippen LogP contribution in [0.2, 0.25) is 0 Å². The lowest BCUT2D eigenvalue weighted by molar-refractivity contribution is -0.362. The molecule has 2 saturated carbocycles. The zero-order valence-electron chi connectivity index (χ0n) is 29.8. The number of ether oxygens (including phenoxy) is 6. The molecule has 0 radical (unpaired) electrons. The first-order valence-corrected chi connectivity index (χ1v) is 17.3. The van der Waals surface area contributed by atoms with Crippen LogP contribution in [-0.4, -0.2) is 108 Å². The lowest BCUT2D eigenvalue weighted by atomic mass is 9.62. The molecule has 12 nitrogen and oxygen atoms in total. The number of hydrogen-bond donors (Lipinski definition) is 4. The van der Waals surface area contributed by atoms with Crippen LogP contribution in [0.3, 0.4) is 0 Å². The molecule has 1 saturated heterocycles. The zero-order chi connectivity index (χ0) is 35.7. The second-order valence-electron chi connectivity index (χ2n) is 15.4. The van der Waals surface area contributed by atoms with Gasteiger partial charge in [-0.2, -0.15) is 0 Å². The van der Waals surface area contributed by atoms with Crippen LogP contribution in [0.15, 0.2) is 23.8 Å². The summed E-state index contributed by atoms with van der Waals surface area (Å²) in [7, 11) is 1.69. The van der Waals surface area contributed by atoms with Crippen LogP contribution in [0.4, 0.5) is 0 Å². The Morgan fingerprint density at radius 1 is 1.06 bits per heavy atom. The maximum Gasteiger partial charge on any atom is 0.303 e. The average molecular weight is 683 g/mol. The largest absolute Gasteiger partial charge is 0.465 e. The van der Waals surface area contributed by atoms with E-state index in [-0.39, 0.29) is 49.2 Å². The Morgan fingerprint density at radius 3 is 2.33 bits per heavy atom. The van der Waals surface area contributed by atoms with Gasteiger partial charge < -0.3 is 48.8 Å². The molecule has 0 amide bonds. The molecule has 3 aliphatic carbocycles. The van der Waals surface area contributed by atoms with Crippen molar-refractivity contribution in [2.24, 2.45) is 40.4 Å². The summed E-state index contributed by atoms with van der Waals surface area (Å²) in [6.07, 6.45) is -6.06. The Labute approximate surface area is 284 Å². The summed E-state index contributed by atoms with van der Waals surface area (Å²) >= 11 is 0. The van der Waals surface area contributed by atoms with Gasteiger partial charge in [0.15, 0.2) is 18.7 Å². The highest BCUT2D eigenvalue weighted by atomic mass is 16.8. The number of carbonyl (C=O) groups excluding carboxylic acids is 2. The minimum atomic E-state index is -1.64. The Kier molecular flexibility index (Phi) is 12.6. The predicted octanol–water partition coefficient (Wildman–Crippen LogP) is 2.89. The first-order chi connectivity index (χ1) is 22.4. The third kappa shape index (κ3) is 8.01. The molecule has 12 heteroatoms. The van der Waals surface area contributed by atoms with E-state index >= 15 is 0 Å². The van der Waals surface area contributed by atoms with Crippen molar-refractivity contribution >= 4 is 11.9 Å². The molecule has 14 unspecified atom stereocenters. The third-order valence-electron chi connectivity index (χ3n) is 11.4. The predicted molar refractivity (Wildman–Crippen MR) is 174 cm³/mol. The molecule has 0 aromatic rings. The van der Waals surface area contributed by atoms with Gasteiger partial charge in [-0.3, -0.25) is 9.59 Å². The summed E-state index contributed by atoms with van der Waals surface area (Å²) < 4.78 is 35.0. The molecule has 0 spiro atoms. The van der Waals surface area contributed by atoms with Gasteiger partial charge in [0.2, 0.25) is 0 Å².